The number of hydrogen-bond donors (Lipinski definition) is 0. The van der Waals surface area contributed by atoms with Gasteiger partial charge in [-0.25, -0.2) is 4.98 Å². The van der Waals surface area contributed by atoms with Crippen molar-refractivity contribution in [3.8, 4) is 5.75 Å². The molecule has 0 aliphatic rings. The minimum absolute atomic E-state index is 0.191. The van der Waals surface area contributed by atoms with Crippen molar-refractivity contribution in [3.63, 3.8) is 0 Å². The zero-order valence-corrected chi connectivity index (χ0v) is 10.6. The molecule has 0 aliphatic heterocycles. The van der Waals surface area contributed by atoms with Crippen LogP contribution in [-0.4, -0.2) is 22.9 Å². The number of ether oxygens (including phenoxy) is 1. The molecule has 0 amide bonds. The fourth-order valence-corrected chi connectivity index (χ4v) is 1.79. The van der Waals surface area contributed by atoms with Gasteiger partial charge in [0.1, 0.15) is 11.4 Å². The van der Waals surface area contributed by atoms with Gasteiger partial charge in [-0.05, 0) is 18.2 Å². The maximum absolute atomic E-state index is 12.1. The Bertz CT molecular complexity index is 543. The van der Waals surface area contributed by atoms with Crippen LogP contribution in [0.1, 0.15) is 16.1 Å². The summed E-state index contributed by atoms with van der Waals surface area (Å²) < 4.78 is 5.79. The molecule has 0 bridgehead atoms. The van der Waals surface area contributed by atoms with Gasteiger partial charge in [-0.1, -0.05) is 15.9 Å². The number of halogens is 1. The average Bonchev–Trinajstić information content (AvgIpc) is 2.39. The second kappa shape index (κ2) is 5.05. The van der Waals surface area contributed by atoms with Crippen molar-refractivity contribution in [1.29, 1.82) is 0 Å². The quantitative estimate of drug-likeness (QED) is 0.816. The SMILES string of the molecule is COc1ccc(Br)c(C(=O)c2cnccn2)c1. The van der Waals surface area contributed by atoms with Crippen molar-refractivity contribution in [2.24, 2.45) is 0 Å². The van der Waals surface area contributed by atoms with Gasteiger partial charge >= 0.3 is 0 Å². The second-order valence-electron chi connectivity index (χ2n) is 3.27. The first-order valence-electron chi connectivity index (χ1n) is 4.86. The molecule has 0 atom stereocenters. The van der Waals surface area contributed by atoms with Crippen molar-refractivity contribution < 1.29 is 9.53 Å². The summed E-state index contributed by atoms with van der Waals surface area (Å²) >= 11 is 3.33. The maximum Gasteiger partial charge on any atom is 0.214 e. The molecule has 0 spiro atoms. The molecule has 0 N–H and O–H groups in total. The highest BCUT2D eigenvalue weighted by Gasteiger charge is 2.14. The van der Waals surface area contributed by atoms with Crippen molar-refractivity contribution >= 4 is 21.7 Å². The minimum atomic E-state index is -0.191. The number of rotatable bonds is 3. The number of hydrogen-bond acceptors (Lipinski definition) is 4. The Morgan fingerprint density at radius 1 is 1.35 bits per heavy atom. The third-order valence-corrected chi connectivity index (χ3v) is 2.91. The van der Waals surface area contributed by atoms with Crippen LogP contribution >= 0.6 is 15.9 Å². The van der Waals surface area contributed by atoms with Gasteiger partial charge in [0.25, 0.3) is 0 Å². The smallest absolute Gasteiger partial charge is 0.214 e. The van der Waals surface area contributed by atoms with E-state index in [-0.39, 0.29) is 5.78 Å². The molecule has 1 aromatic heterocycles. The summed E-state index contributed by atoms with van der Waals surface area (Å²) in [6.45, 7) is 0. The normalized spacial score (nSPS) is 10.0. The third kappa shape index (κ3) is 2.50. The van der Waals surface area contributed by atoms with Crippen LogP contribution in [0.3, 0.4) is 0 Å². The van der Waals surface area contributed by atoms with E-state index in [1.54, 1.807) is 25.3 Å². The highest BCUT2D eigenvalue weighted by atomic mass is 79.9. The van der Waals surface area contributed by atoms with Gasteiger partial charge in [0.05, 0.1) is 13.3 Å². The number of nitrogens with zero attached hydrogens (tertiary/aromatic N) is 2. The van der Waals surface area contributed by atoms with E-state index in [0.29, 0.717) is 21.5 Å². The molecular formula is C12H9BrN2O2. The van der Waals surface area contributed by atoms with E-state index in [0.717, 1.165) is 0 Å². The molecule has 1 aromatic carbocycles. The summed E-state index contributed by atoms with van der Waals surface area (Å²) in [5, 5.41) is 0. The van der Waals surface area contributed by atoms with E-state index in [1.807, 2.05) is 0 Å². The molecular weight excluding hydrogens is 284 g/mol. The van der Waals surface area contributed by atoms with E-state index in [1.165, 1.54) is 18.6 Å². The lowest BCUT2D eigenvalue weighted by Crippen LogP contribution is -2.05. The number of benzene rings is 1. The van der Waals surface area contributed by atoms with Gasteiger partial charge in [-0.2, -0.15) is 0 Å². The molecule has 0 unspecified atom stereocenters. The Balaban J connectivity index is 2.44. The van der Waals surface area contributed by atoms with Gasteiger partial charge in [-0.15, -0.1) is 0 Å². The lowest BCUT2D eigenvalue weighted by molar-refractivity contribution is 0.103. The summed E-state index contributed by atoms with van der Waals surface area (Å²) in [5.74, 6) is 0.435. The van der Waals surface area contributed by atoms with Crippen molar-refractivity contribution in [2.45, 2.75) is 0 Å². The Hall–Kier alpha value is -1.75. The zero-order valence-electron chi connectivity index (χ0n) is 9.05. The molecule has 0 fully saturated rings. The van der Waals surface area contributed by atoms with Gasteiger partial charge < -0.3 is 4.74 Å². The molecule has 2 aromatic rings. The highest BCUT2D eigenvalue weighted by Crippen LogP contribution is 2.24. The van der Waals surface area contributed by atoms with E-state index in [4.69, 9.17) is 4.74 Å². The Morgan fingerprint density at radius 3 is 2.82 bits per heavy atom. The lowest BCUT2D eigenvalue weighted by Gasteiger charge is -2.05. The fraction of sp³-hybridized carbons (Fsp3) is 0.0833. The first-order valence-corrected chi connectivity index (χ1v) is 5.66. The van der Waals surface area contributed by atoms with Crippen LogP contribution in [0.2, 0.25) is 0 Å². The molecule has 0 saturated heterocycles. The summed E-state index contributed by atoms with van der Waals surface area (Å²) in [5.41, 5.74) is 0.811. The number of carbonyl (C=O) groups is 1. The fourth-order valence-electron chi connectivity index (χ4n) is 1.36. The monoisotopic (exact) mass is 292 g/mol. The zero-order chi connectivity index (χ0) is 12.3. The van der Waals surface area contributed by atoms with Gasteiger partial charge in [0, 0.05) is 22.4 Å². The van der Waals surface area contributed by atoms with E-state index >= 15 is 0 Å². The largest absolute Gasteiger partial charge is 0.497 e. The molecule has 17 heavy (non-hydrogen) atoms. The molecule has 5 heteroatoms. The summed E-state index contributed by atoms with van der Waals surface area (Å²) in [4.78, 5) is 20.0. The van der Waals surface area contributed by atoms with Crippen LogP contribution in [0.25, 0.3) is 0 Å². The Labute approximate surface area is 107 Å². The van der Waals surface area contributed by atoms with Crippen molar-refractivity contribution in [2.75, 3.05) is 7.11 Å². The van der Waals surface area contributed by atoms with E-state index in [2.05, 4.69) is 25.9 Å². The first-order chi connectivity index (χ1) is 8.22. The molecule has 0 radical (unpaired) electrons. The maximum atomic E-state index is 12.1. The number of aromatic nitrogens is 2. The standard InChI is InChI=1S/C12H9BrN2O2/c1-17-8-2-3-10(13)9(6-8)12(16)11-7-14-4-5-15-11/h2-7H,1H3. The lowest BCUT2D eigenvalue weighted by atomic mass is 10.1. The first kappa shape index (κ1) is 11.7. The molecule has 4 nitrogen and oxygen atoms in total. The molecule has 1 heterocycles. The number of methoxy groups -OCH3 is 1. The summed E-state index contributed by atoms with van der Waals surface area (Å²) in [7, 11) is 1.56. The van der Waals surface area contributed by atoms with Gasteiger partial charge in [-0.3, -0.25) is 9.78 Å². The summed E-state index contributed by atoms with van der Waals surface area (Å²) in [6.07, 6.45) is 4.45. The van der Waals surface area contributed by atoms with Gasteiger partial charge in [0.2, 0.25) is 5.78 Å². The highest BCUT2D eigenvalue weighted by molar-refractivity contribution is 9.10. The third-order valence-electron chi connectivity index (χ3n) is 2.21. The minimum Gasteiger partial charge on any atom is -0.497 e. The molecule has 0 saturated carbocycles. The average molecular weight is 293 g/mol. The van der Waals surface area contributed by atoms with Crippen LogP contribution in [0.4, 0.5) is 0 Å². The molecule has 0 aliphatic carbocycles. The van der Waals surface area contributed by atoms with E-state index in [9.17, 15) is 4.79 Å². The topological polar surface area (TPSA) is 52.1 Å². The molecule has 2 rings (SSSR count). The molecule has 86 valence electrons. The van der Waals surface area contributed by atoms with Crippen molar-refractivity contribution in [1.82, 2.24) is 9.97 Å². The number of ketones is 1. The Kier molecular flexibility index (Phi) is 3.49. The van der Waals surface area contributed by atoms with Crippen LogP contribution < -0.4 is 4.74 Å². The van der Waals surface area contributed by atoms with E-state index < -0.39 is 0 Å². The van der Waals surface area contributed by atoms with Crippen LogP contribution in [-0.2, 0) is 0 Å². The predicted molar refractivity (Wildman–Crippen MR) is 66.2 cm³/mol. The van der Waals surface area contributed by atoms with Crippen LogP contribution in [0.15, 0.2) is 41.3 Å². The summed E-state index contributed by atoms with van der Waals surface area (Å²) in [6, 6.07) is 5.21. The second-order valence-corrected chi connectivity index (χ2v) is 4.12. The van der Waals surface area contributed by atoms with Gasteiger partial charge in [0.15, 0.2) is 0 Å². The number of carbonyl (C=O) groups excluding carboxylic acids is 1. The van der Waals surface area contributed by atoms with Crippen LogP contribution in [0, 0.1) is 0 Å². The van der Waals surface area contributed by atoms with Crippen LogP contribution in [0.5, 0.6) is 5.75 Å². The predicted octanol–water partition coefficient (Wildman–Crippen LogP) is 2.48. The van der Waals surface area contributed by atoms with Crippen molar-refractivity contribution in [3.05, 3.63) is 52.5 Å². The Morgan fingerprint density at radius 2 is 2.18 bits per heavy atom.